The number of carbonyl (C=O) groups excluding carboxylic acids is 1. The van der Waals surface area contributed by atoms with Crippen molar-refractivity contribution in [3.05, 3.63) is 40.2 Å². The van der Waals surface area contributed by atoms with E-state index in [0.29, 0.717) is 23.1 Å². The number of nitrogens with one attached hydrogen (secondary N) is 1. The lowest BCUT2D eigenvalue weighted by Crippen LogP contribution is -2.57. The molecule has 2 unspecified atom stereocenters. The van der Waals surface area contributed by atoms with E-state index in [2.05, 4.69) is 21.2 Å². The minimum atomic E-state index is -0.360. The normalized spacial score (nSPS) is 35.0. The van der Waals surface area contributed by atoms with Crippen LogP contribution >= 0.6 is 15.9 Å². The fourth-order valence-corrected chi connectivity index (χ4v) is 7.54. The zero-order chi connectivity index (χ0) is 18.1. The second kappa shape index (κ2) is 5.44. The van der Waals surface area contributed by atoms with Crippen LogP contribution < -0.4 is 10.9 Å². The highest BCUT2D eigenvalue weighted by Gasteiger charge is 2.59. The van der Waals surface area contributed by atoms with Gasteiger partial charge in [0.2, 0.25) is 5.91 Å². The third kappa shape index (κ3) is 2.55. The van der Waals surface area contributed by atoms with Gasteiger partial charge < -0.3 is 9.73 Å². The molecule has 0 spiro atoms. The molecule has 4 nitrogen and oxygen atoms in total. The van der Waals surface area contributed by atoms with Gasteiger partial charge >= 0.3 is 5.63 Å². The second-order valence-corrected chi connectivity index (χ2v) is 10.5. The summed E-state index contributed by atoms with van der Waals surface area (Å²) in [7, 11) is 0. The lowest BCUT2D eigenvalue weighted by molar-refractivity contribution is -0.138. The van der Waals surface area contributed by atoms with Crippen molar-refractivity contribution in [2.24, 2.45) is 17.3 Å². The first kappa shape index (κ1) is 16.5. The Balaban J connectivity index is 1.45. The highest BCUT2D eigenvalue weighted by molar-refractivity contribution is 9.10. The molecule has 26 heavy (non-hydrogen) atoms. The molecule has 4 aliphatic carbocycles. The van der Waals surface area contributed by atoms with E-state index in [-0.39, 0.29) is 21.3 Å². The molecular weight excluding hydrogens is 394 g/mol. The Labute approximate surface area is 160 Å². The lowest BCUT2D eigenvalue weighted by atomic mass is 9.49. The summed E-state index contributed by atoms with van der Waals surface area (Å²) in [6, 6.07) is 7.07. The van der Waals surface area contributed by atoms with Gasteiger partial charge in [-0.05, 0) is 75.0 Å². The topological polar surface area (TPSA) is 59.3 Å². The van der Waals surface area contributed by atoms with Crippen molar-refractivity contribution >= 4 is 38.5 Å². The number of fused-ring (bicyclic) bond motifs is 1. The van der Waals surface area contributed by atoms with Crippen LogP contribution in [-0.4, -0.2) is 10.2 Å². The van der Waals surface area contributed by atoms with Gasteiger partial charge in [-0.1, -0.05) is 15.9 Å². The monoisotopic (exact) mass is 415 g/mol. The number of hydrogen-bond donors (Lipinski definition) is 1. The van der Waals surface area contributed by atoms with Crippen LogP contribution in [-0.2, 0) is 4.79 Å². The SMILES string of the molecule is Cc1cc(=O)oc2cc(NC(=O)C34C[C@@H]5C[C@@H](CC(Br)(C5)C3)C4)ccc12. The van der Waals surface area contributed by atoms with E-state index in [1.807, 2.05) is 19.1 Å². The summed E-state index contributed by atoms with van der Waals surface area (Å²) < 4.78 is 5.47. The van der Waals surface area contributed by atoms with Crippen LogP contribution in [0.5, 0.6) is 0 Å². The largest absolute Gasteiger partial charge is 0.423 e. The smallest absolute Gasteiger partial charge is 0.336 e. The van der Waals surface area contributed by atoms with Crippen LogP contribution in [0.15, 0.2) is 33.5 Å². The van der Waals surface area contributed by atoms with Crippen molar-refractivity contribution in [1.82, 2.24) is 0 Å². The molecular formula is C21H22BrNO3. The van der Waals surface area contributed by atoms with Gasteiger partial charge in [-0.25, -0.2) is 4.79 Å². The number of halogens is 1. The number of alkyl halides is 1. The summed E-state index contributed by atoms with van der Waals surface area (Å²) in [4.78, 5) is 24.9. The number of anilines is 1. The van der Waals surface area contributed by atoms with Gasteiger partial charge in [0.15, 0.2) is 0 Å². The zero-order valence-corrected chi connectivity index (χ0v) is 16.4. The van der Waals surface area contributed by atoms with E-state index < -0.39 is 0 Å². The molecule has 2 aromatic rings. The van der Waals surface area contributed by atoms with Gasteiger partial charge in [0, 0.05) is 27.5 Å². The summed E-state index contributed by atoms with van der Waals surface area (Å²) in [5.41, 5.74) is 1.50. The average molecular weight is 416 g/mol. The predicted octanol–water partition coefficient (Wildman–Crippen LogP) is 4.77. The van der Waals surface area contributed by atoms with E-state index in [4.69, 9.17) is 4.42 Å². The van der Waals surface area contributed by atoms with Crippen LogP contribution in [0.25, 0.3) is 11.0 Å². The summed E-state index contributed by atoms with van der Waals surface area (Å²) in [6.07, 6.45) is 6.64. The van der Waals surface area contributed by atoms with Gasteiger partial charge in [-0.15, -0.1) is 0 Å². The minimum Gasteiger partial charge on any atom is -0.423 e. The molecule has 1 heterocycles. The quantitative estimate of drug-likeness (QED) is 0.567. The van der Waals surface area contributed by atoms with Crippen molar-refractivity contribution in [2.75, 3.05) is 5.32 Å². The molecule has 4 atom stereocenters. The van der Waals surface area contributed by atoms with Crippen molar-refractivity contribution < 1.29 is 9.21 Å². The average Bonchev–Trinajstić information content (AvgIpc) is 2.51. The van der Waals surface area contributed by atoms with E-state index in [1.54, 1.807) is 6.07 Å². The molecule has 4 aliphatic rings. The Morgan fingerprint density at radius 1 is 1.19 bits per heavy atom. The number of amides is 1. The molecule has 0 radical (unpaired) electrons. The van der Waals surface area contributed by atoms with Gasteiger partial charge in [0.05, 0.1) is 5.41 Å². The zero-order valence-electron chi connectivity index (χ0n) is 14.8. The van der Waals surface area contributed by atoms with Crippen molar-refractivity contribution in [1.29, 1.82) is 0 Å². The Morgan fingerprint density at radius 2 is 1.92 bits per heavy atom. The van der Waals surface area contributed by atoms with Gasteiger partial charge in [0.25, 0.3) is 0 Å². The molecule has 136 valence electrons. The van der Waals surface area contributed by atoms with Crippen LogP contribution in [0.3, 0.4) is 0 Å². The highest BCUT2D eigenvalue weighted by atomic mass is 79.9. The van der Waals surface area contributed by atoms with Gasteiger partial charge in [-0.3, -0.25) is 4.79 Å². The summed E-state index contributed by atoms with van der Waals surface area (Å²) in [5.74, 6) is 1.46. The van der Waals surface area contributed by atoms with Gasteiger partial charge in [-0.2, -0.15) is 0 Å². The van der Waals surface area contributed by atoms with Crippen molar-refractivity contribution in [3.63, 3.8) is 0 Å². The molecule has 1 aromatic heterocycles. The number of rotatable bonds is 2. The minimum absolute atomic E-state index is 0.129. The molecule has 1 N–H and O–H groups in total. The third-order valence-corrected chi connectivity index (χ3v) is 7.61. The van der Waals surface area contributed by atoms with E-state index >= 15 is 0 Å². The lowest BCUT2D eigenvalue weighted by Gasteiger charge is -2.59. The van der Waals surface area contributed by atoms with Crippen molar-refractivity contribution in [3.8, 4) is 0 Å². The summed E-state index contributed by atoms with van der Waals surface area (Å²) in [6.45, 7) is 1.89. The number of benzene rings is 1. The molecule has 4 bridgehead atoms. The molecule has 6 rings (SSSR count). The fraction of sp³-hybridized carbons (Fsp3) is 0.524. The van der Waals surface area contributed by atoms with Crippen LogP contribution in [0.1, 0.15) is 44.1 Å². The summed E-state index contributed by atoms with van der Waals surface area (Å²) >= 11 is 3.97. The standard InChI is InChI=1S/C21H22BrNO3/c1-12-4-18(24)26-17-6-15(2-3-16(12)17)23-19(25)20-7-13-5-14(8-20)10-21(22,9-13)11-20/h2-4,6,13-14H,5,7-11H2,1H3,(H,23,25)/t13-,14+,20?,21?. The van der Waals surface area contributed by atoms with Crippen LogP contribution in [0.4, 0.5) is 5.69 Å². The molecule has 0 aliphatic heterocycles. The maximum atomic E-state index is 13.3. The molecule has 1 amide bonds. The Hall–Kier alpha value is -1.62. The van der Waals surface area contributed by atoms with E-state index in [9.17, 15) is 9.59 Å². The fourth-order valence-electron chi connectivity index (χ4n) is 6.08. The Kier molecular flexibility index (Phi) is 3.46. The third-order valence-electron chi connectivity index (χ3n) is 6.68. The predicted molar refractivity (Wildman–Crippen MR) is 105 cm³/mol. The molecule has 4 saturated carbocycles. The molecule has 4 fully saturated rings. The Bertz CT molecular complexity index is 965. The number of carbonyl (C=O) groups is 1. The van der Waals surface area contributed by atoms with Crippen LogP contribution in [0.2, 0.25) is 0 Å². The second-order valence-electron chi connectivity index (χ2n) is 8.81. The molecule has 5 heteroatoms. The highest BCUT2D eigenvalue weighted by Crippen LogP contribution is 2.64. The molecule has 0 saturated heterocycles. The van der Waals surface area contributed by atoms with E-state index in [0.717, 1.165) is 30.2 Å². The maximum Gasteiger partial charge on any atom is 0.336 e. The van der Waals surface area contributed by atoms with Crippen molar-refractivity contribution in [2.45, 2.75) is 49.8 Å². The number of aryl methyl sites for hydroxylation is 1. The van der Waals surface area contributed by atoms with Gasteiger partial charge in [0.1, 0.15) is 5.58 Å². The van der Waals surface area contributed by atoms with E-state index in [1.165, 1.54) is 25.3 Å². The van der Waals surface area contributed by atoms with Crippen LogP contribution in [0, 0.1) is 24.2 Å². The molecule has 1 aromatic carbocycles. The summed E-state index contributed by atoms with van der Waals surface area (Å²) in [5, 5.41) is 4.03. The number of hydrogen-bond acceptors (Lipinski definition) is 3. The Morgan fingerprint density at radius 3 is 2.62 bits per heavy atom. The first-order valence-electron chi connectivity index (χ1n) is 9.39. The first-order chi connectivity index (χ1) is 12.3. The maximum absolute atomic E-state index is 13.3. The first-order valence-corrected chi connectivity index (χ1v) is 10.2.